The molecule has 0 amide bonds. The summed E-state index contributed by atoms with van der Waals surface area (Å²) in [4.78, 5) is 1.33. The van der Waals surface area contributed by atoms with E-state index in [1.54, 1.807) is 11.3 Å². The van der Waals surface area contributed by atoms with Gasteiger partial charge >= 0.3 is 0 Å². The van der Waals surface area contributed by atoms with Crippen LogP contribution in [0.25, 0.3) is 0 Å². The van der Waals surface area contributed by atoms with Crippen molar-refractivity contribution in [1.82, 2.24) is 5.43 Å². The van der Waals surface area contributed by atoms with Gasteiger partial charge in [-0.15, -0.1) is 11.3 Å². The molecule has 1 aromatic heterocycles. The highest BCUT2D eigenvalue weighted by Crippen LogP contribution is 2.28. The average Bonchev–Trinajstić information content (AvgIpc) is 3.10. The summed E-state index contributed by atoms with van der Waals surface area (Å²) in [5, 5.41) is 2.09. The molecule has 0 bridgehead atoms. The number of nitrogens with two attached hydrogens (primary N) is 1. The van der Waals surface area contributed by atoms with Crippen LogP contribution in [0.1, 0.15) is 29.3 Å². The Bertz CT molecular complexity index is 505. The Hall–Kier alpha value is -1.36. The summed E-state index contributed by atoms with van der Waals surface area (Å²) >= 11 is 1.76. The van der Waals surface area contributed by atoms with E-state index < -0.39 is 0 Å². The minimum absolute atomic E-state index is 0.147. The van der Waals surface area contributed by atoms with E-state index in [4.69, 9.17) is 10.6 Å². The predicted molar refractivity (Wildman–Crippen MR) is 78.2 cm³/mol. The van der Waals surface area contributed by atoms with E-state index in [-0.39, 0.29) is 6.04 Å². The van der Waals surface area contributed by atoms with E-state index in [2.05, 4.69) is 35.1 Å². The Labute approximate surface area is 117 Å². The van der Waals surface area contributed by atoms with Crippen molar-refractivity contribution in [3.05, 3.63) is 52.2 Å². The molecule has 1 atom stereocenters. The maximum Gasteiger partial charge on any atom is 0.119 e. The number of ether oxygens (including phenoxy) is 1. The lowest BCUT2D eigenvalue weighted by Gasteiger charge is -2.16. The maximum absolute atomic E-state index is 5.75. The molecule has 3 nitrogen and oxygen atoms in total. The molecule has 0 saturated heterocycles. The fourth-order valence-corrected chi connectivity index (χ4v) is 2.81. The molecule has 1 fully saturated rings. The molecule has 100 valence electrons. The van der Waals surface area contributed by atoms with Gasteiger partial charge in [-0.1, -0.05) is 18.2 Å². The largest absolute Gasteiger partial charge is 0.490 e. The van der Waals surface area contributed by atoms with E-state index in [0.29, 0.717) is 6.10 Å². The lowest BCUT2D eigenvalue weighted by atomic mass is 10.0. The molecule has 2 aromatic rings. The van der Waals surface area contributed by atoms with Crippen LogP contribution in [-0.2, 0) is 6.42 Å². The van der Waals surface area contributed by atoms with Crippen molar-refractivity contribution in [2.45, 2.75) is 31.4 Å². The topological polar surface area (TPSA) is 47.3 Å². The summed E-state index contributed by atoms with van der Waals surface area (Å²) in [7, 11) is 0. The first-order chi connectivity index (χ1) is 9.35. The summed E-state index contributed by atoms with van der Waals surface area (Å²) in [6.07, 6.45) is 3.73. The highest BCUT2D eigenvalue weighted by molar-refractivity contribution is 7.09. The maximum atomic E-state index is 5.75. The van der Waals surface area contributed by atoms with E-state index in [1.165, 1.54) is 23.3 Å². The molecular weight excluding hydrogens is 256 g/mol. The van der Waals surface area contributed by atoms with Crippen LogP contribution in [-0.4, -0.2) is 6.10 Å². The number of rotatable bonds is 6. The van der Waals surface area contributed by atoms with Crippen LogP contribution < -0.4 is 16.0 Å². The molecule has 1 saturated carbocycles. The molecule has 3 rings (SSSR count). The average molecular weight is 274 g/mol. The monoisotopic (exact) mass is 274 g/mol. The van der Waals surface area contributed by atoms with Crippen LogP contribution in [0.4, 0.5) is 0 Å². The minimum Gasteiger partial charge on any atom is -0.490 e. The standard InChI is InChI=1S/C15H18N2OS/c16-17-15(10-14-2-1-9-19-14)11-3-5-12(6-4-11)18-13-7-8-13/h1-6,9,13,15,17H,7-8,10,16H2. The molecule has 1 aromatic carbocycles. The number of hydrazine groups is 1. The van der Waals surface area contributed by atoms with Crippen molar-refractivity contribution in [2.75, 3.05) is 0 Å². The Morgan fingerprint density at radius 1 is 1.26 bits per heavy atom. The summed E-state index contributed by atoms with van der Waals surface area (Å²) in [6.45, 7) is 0. The zero-order valence-corrected chi connectivity index (χ0v) is 11.5. The summed E-state index contributed by atoms with van der Waals surface area (Å²) in [5.41, 5.74) is 4.09. The van der Waals surface area contributed by atoms with Gasteiger partial charge in [-0.05, 0) is 42.0 Å². The molecule has 1 heterocycles. The van der Waals surface area contributed by atoms with Crippen LogP contribution >= 0.6 is 11.3 Å². The molecule has 4 heteroatoms. The second-order valence-electron chi connectivity index (χ2n) is 4.89. The van der Waals surface area contributed by atoms with Crippen LogP contribution in [0.2, 0.25) is 0 Å². The van der Waals surface area contributed by atoms with Crippen molar-refractivity contribution >= 4 is 11.3 Å². The summed E-state index contributed by atoms with van der Waals surface area (Å²) < 4.78 is 5.75. The number of benzene rings is 1. The number of hydrogen-bond acceptors (Lipinski definition) is 4. The highest BCUT2D eigenvalue weighted by atomic mass is 32.1. The van der Waals surface area contributed by atoms with E-state index in [0.717, 1.165) is 12.2 Å². The molecule has 1 aliphatic rings. The summed E-state index contributed by atoms with van der Waals surface area (Å²) in [5.74, 6) is 6.63. The van der Waals surface area contributed by atoms with Gasteiger partial charge in [-0.2, -0.15) is 0 Å². The zero-order valence-electron chi connectivity index (χ0n) is 10.7. The fourth-order valence-electron chi connectivity index (χ4n) is 2.06. The molecule has 0 aliphatic heterocycles. The minimum atomic E-state index is 0.147. The molecule has 0 spiro atoms. The van der Waals surface area contributed by atoms with Gasteiger partial charge in [0, 0.05) is 11.3 Å². The van der Waals surface area contributed by atoms with Crippen molar-refractivity contribution in [3.63, 3.8) is 0 Å². The Kier molecular flexibility index (Phi) is 3.82. The van der Waals surface area contributed by atoms with Gasteiger partial charge in [-0.3, -0.25) is 11.3 Å². The smallest absolute Gasteiger partial charge is 0.119 e. The number of thiophene rings is 1. The Balaban J connectivity index is 1.67. The first-order valence-corrected chi connectivity index (χ1v) is 7.48. The molecule has 19 heavy (non-hydrogen) atoms. The molecule has 1 aliphatic carbocycles. The Morgan fingerprint density at radius 3 is 2.63 bits per heavy atom. The van der Waals surface area contributed by atoms with Gasteiger partial charge in [0.15, 0.2) is 0 Å². The van der Waals surface area contributed by atoms with Crippen LogP contribution in [0, 0.1) is 0 Å². The third-order valence-electron chi connectivity index (χ3n) is 3.30. The van der Waals surface area contributed by atoms with Gasteiger partial charge in [0.2, 0.25) is 0 Å². The van der Waals surface area contributed by atoms with Crippen LogP contribution in [0.5, 0.6) is 5.75 Å². The summed E-state index contributed by atoms with van der Waals surface area (Å²) in [6, 6.07) is 12.6. The second kappa shape index (κ2) is 5.74. The lowest BCUT2D eigenvalue weighted by molar-refractivity contribution is 0.303. The van der Waals surface area contributed by atoms with Gasteiger partial charge < -0.3 is 4.74 Å². The first kappa shape index (κ1) is 12.7. The van der Waals surface area contributed by atoms with Crippen molar-refractivity contribution in [3.8, 4) is 5.75 Å². The second-order valence-corrected chi connectivity index (χ2v) is 5.92. The van der Waals surface area contributed by atoms with Crippen LogP contribution in [0.15, 0.2) is 41.8 Å². The lowest BCUT2D eigenvalue weighted by Crippen LogP contribution is -2.29. The van der Waals surface area contributed by atoms with Gasteiger partial charge in [0.1, 0.15) is 5.75 Å². The van der Waals surface area contributed by atoms with Crippen molar-refractivity contribution in [1.29, 1.82) is 0 Å². The van der Waals surface area contributed by atoms with E-state index in [1.807, 2.05) is 12.1 Å². The third-order valence-corrected chi connectivity index (χ3v) is 4.19. The first-order valence-electron chi connectivity index (χ1n) is 6.60. The molecule has 3 N–H and O–H groups in total. The quantitative estimate of drug-likeness (QED) is 0.629. The van der Waals surface area contributed by atoms with E-state index in [9.17, 15) is 0 Å². The third kappa shape index (κ3) is 3.35. The molecule has 0 radical (unpaired) electrons. The van der Waals surface area contributed by atoms with Crippen molar-refractivity contribution in [2.24, 2.45) is 5.84 Å². The van der Waals surface area contributed by atoms with Crippen LogP contribution in [0.3, 0.4) is 0 Å². The van der Waals surface area contributed by atoms with Gasteiger partial charge in [0.25, 0.3) is 0 Å². The number of nitrogens with one attached hydrogen (secondary N) is 1. The Morgan fingerprint density at radius 2 is 2.05 bits per heavy atom. The normalized spacial score (nSPS) is 16.3. The predicted octanol–water partition coefficient (Wildman–Crippen LogP) is 3.04. The van der Waals surface area contributed by atoms with Gasteiger partial charge in [-0.25, -0.2) is 0 Å². The molecular formula is C15H18N2OS. The van der Waals surface area contributed by atoms with E-state index >= 15 is 0 Å². The highest BCUT2D eigenvalue weighted by Gasteiger charge is 2.23. The van der Waals surface area contributed by atoms with Crippen molar-refractivity contribution < 1.29 is 4.74 Å². The van der Waals surface area contributed by atoms with Gasteiger partial charge in [0.05, 0.1) is 12.1 Å². The fraction of sp³-hybridized carbons (Fsp3) is 0.333. The SMILES string of the molecule is NNC(Cc1cccs1)c1ccc(OC2CC2)cc1. The zero-order chi connectivity index (χ0) is 13.1. The number of hydrogen-bond donors (Lipinski definition) is 2. The molecule has 1 unspecified atom stereocenters.